The van der Waals surface area contributed by atoms with Crippen molar-refractivity contribution in [3.8, 4) is 5.88 Å². The molecule has 0 aliphatic carbocycles. The number of hydrogen-bond donors (Lipinski definition) is 0. The molecule has 2 aromatic rings. The minimum Gasteiger partial charge on any atom is -0.472 e. The third-order valence-electron chi connectivity index (χ3n) is 2.24. The number of pyridine rings is 1. The minimum absolute atomic E-state index is 0.265. The SMILES string of the molecule is Cc1cc(OCc2cncc(F)c2)nn1C. The van der Waals surface area contributed by atoms with Gasteiger partial charge < -0.3 is 4.74 Å². The molecule has 2 aromatic heterocycles. The number of halogens is 1. The van der Waals surface area contributed by atoms with Crippen molar-refractivity contribution in [2.24, 2.45) is 7.05 Å². The van der Waals surface area contributed by atoms with E-state index in [4.69, 9.17) is 4.74 Å². The summed E-state index contributed by atoms with van der Waals surface area (Å²) in [7, 11) is 1.84. The van der Waals surface area contributed by atoms with Gasteiger partial charge in [0.05, 0.1) is 6.20 Å². The maximum atomic E-state index is 12.8. The average molecular weight is 221 g/mol. The second-order valence-electron chi connectivity index (χ2n) is 3.55. The monoisotopic (exact) mass is 221 g/mol. The molecule has 0 N–H and O–H groups in total. The van der Waals surface area contributed by atoms with Gasteiger partial charge in [-0.1, -0.05) is 0 Å². The van der Waals surface area contributed by atoms with E-state index >= 15 is 0 Å². The standard InChI is InChI=1S/C11H12FN3O/c1-8-3-11(14-15(8)2)16-7-9-4-10(12)6-13-5-9/h3-6H,7H2,1-2H3. The topological polar surface area (TPSA) is 39.9 Å². The zero-order valence-electron chi connectivity index (χ0n) is 9.14. The Labute approximate surface area is 92.7 Å². The van der Waals surface area contributed by atoms with Gasteiger partial charge in [-0.15, -0.1) is 5.10 Å². The first-order valence-corrected chi connectivity index (χ1v) is 4.88. The van der Waals surface area contributed by atoms with Gasteiger partial charge in [0.15, 0.2) is 0 Å². The third kappa shape index (κ3) is 2.36. The van der Waals surface area contributed by atoms with Gasteiger partial charge in [-0.05, 0) is 13.0 Å². The third-order valence-corrected chi connectivity index (χ3v) is 2.24. The lowest BCUT2D eigenvalue weighted by Crippen LogP contribution is -1.98. The molecule has 0 spiro atoms. The van der Waals surface area contributed by atoms with Crippen molar-refractivity contribution < 1.29 is 9.13 Å². The number of aromatic nitrogens is 3. The Morgan fingerprint density at radius 2 is 2.19 bits per heavy atom. The van der Waals surface area contributed by atoms with Gasteiger partial charge in [0, 0.05) is 30.6 Å². The molecule has 0 saturated heterocycles. The van der Waals surface area contributed by atoms with Crippen molar-refractivity contribution >= 4 is 0 Å². The number of nitrogens with zero attached hydrogens (tertiary/aromatic N) is 3. The zero-order chi connectivity index (χ0) is 11.5. The molecule has 0 aliphatic heterocycles. The second-order valence-corrected chi connectivity index (χ2v) is 3.55. The molecule has 2 heterocycles. The van der Waals surface area contributed by atoms with E-state index in [9.17, 15) is 4.39 Å². The van der Waals surface area contributed by atoms with E-state index < -0.39 is 0 Å². The largest absolute Gasteiger partial charge is 0.472 e. The molecular formula is C11H12FN3O. The molecule has 0 saturated carbocycles. The second kappa shape index (κ2) is 4.30. The molecule has 0 fully saturated rings. The summed E-state index contributed by atoms with van der Waals surface area (Å²) < 4.78 is 20.0. The fraction of sp³-hybridized carbons (Fsp3) is 0.273. The number of hydrogen-bond acceptors (Lipinski definition) is 3. The maximum Gasteiger partial charge on any atom is 0.233 e. The molecule has 0 aliphatic rings. The number of rotatable bonds is 3. The van der Waals surface area contributed by atoms with Crippen molar-refractivity contribution in [3.63, 3.8) is 0 Å². The lowest BCUT2D eigenvalue weighted by Gasteiger charge is -2.01. The summed E-state index contributed by atoms with van der Waals surface area (Å²) in [4.78, 5) is 3.74. The fourth-order valence-electron chi connectivity index (χ4n) is 1.29. The highest BCUT2D eigenvalue weighted by Crippen LogP contribution is 2.12. The molecule has 0 bridgehead atoms. The summed E-state index contributed by atoms with van der Waals surface area (Å²) in [6.07, 6.45) is 2.73. The van der Waals surface area contributed by atoms with Crippen molar-refractivity contribution in [2.45, 2.75) is 13.5 Å². The zero-order valence-corrected chi connectivity index (χ0v) is 9.14. The quantitative estimate of drug-likeness (QED) is 0.794. The van der Waals surface area contributed by atoms with Crippen LogP contribution in [0.15, 0.2) is 24.5 Å². The Morgan fingerprint density at radius 1 is 1.38 bits per heavy atom. The first-order valence-electron chi connectivity index (χ1n) is 4.88. The number of aryl methyl sites for hydroxylation is 2. The highest BCUT2D eigenvalue weighted by atomic mass is 19.1. The Balaban J connectivity index is 2.02. The van der Waals surface area contributed by atoms with Crippen LogP contribution in [0.2, 0.25) is 0 Å². The van der Waals surface area contributed by atoms with Crippen LogP contribution in [0, 0.1) is 12.7 Å². The van der Waals surface area contributed by atoms with Crippen LogP contribution < -0.4 is 4.74 Å². The average Bonchev–Trinajstić information content (AvgIpc) is 2.56. The minimum atomic E-state index is -0.363. The van der Waals surface area contributed by atoms with Crippen molar-refractivity contribution in [1.82, 2.24) is 14.8 Å². The van der Waals surface area contributed by atoms with Crippen LogP contribution >= 0.6 is 0 Å². The van der Waals surface area contributed by atoms with Crippen LogP contribution in [0.4, 0.5) is 4.39 Å². The molecule has 4 nitrogen and oxygen atoms in total. The van der Waals surface area contributed by atoms with Gasteiger partial charge in [0.25, 0.3) is 0 Å². The van der Waals surface area contributed by atoms with Gasteiger partial charge >= 0.3 is 0 Å². The molecule has 0 aromatic carbocycles. The van der Waals surface area contributed by atoms with E-state index in [0.29, 0.717) is 11.4 Å². The summed E-state index contributed by atoms with van der Waals surface area (Å²) in [5, 5.41) is 4.13. The van der Waals surface area contributed by atoms with Crippen molar-refractivity contribution in [3.05, 3.63) is 41.6 Å². The maximum absolute atomic E-state index is 12.8. The van der Waals surface area contributed by atoms with E-state index in [1.54, 1.807) is 10.9 Å². The van der Waals surface area contributed by atoms with Gasteiger partial charge in [-0.3, -0.25) is 9.67 Å². The van der Waals surface area contributed by atoms with Crippen LogP contribution in [-0.4, -0.2) is 14.8 Å². The summed E-state index contributed by atoms with van der Waals surface area (Å²) >= 11 is 0. The smallest absolute Gasteiger partial charge is 0.233 e. The van der Waals surface area contributed by atoms with Gasteiger partial charge in [-0.25, -0.2) is 4.39 Å². The molecule has 2 rings (SSSR count). The first-order chi connectivity index (χ1) is 7.65. The summed E-state index contributed by atoms with van der Waals surface area (Å²) in [6, 6.07) is 3.22. The predicted molar refractivity (Wildman–Crippen MR) is 56.5 cm³/mol. The highest BCUT2D eigenvalue weighted by molar-refractivity contribution is 5.15. The number of ether oxygens (including phenoxy) is 1. The molecule has 5 heteroatoms. The van der Waals surface area contributed by atoms with E-state index in [1.807, 2.05) is 20.0 Å². The van der Waals surface area contributed by atoms with E-state index in [-0.39, 0.29) is 12.4 Å². The van der Waals surface area contributed by atoms with Crippen LogP contribution in [0.25, 0.3) is 0 Å². The Bertz CT molecular complexity index is 476. The molecule has 16 heavy (non-hydrogen) atoms. The van der Waals surface area contributed by atoms with Crippen LogP contribution in [0.5, 0.6) is 5.88 Å². The molecule has 0 atom stereocenters. The van der Waals surface area contributed by atoms with Crippen molar-refractivity contribution in [2.75, 3.05) is 0 Å². The van der Waals surface area contributed by atoms with E-state index in [0.717, 1.165) is 11.9 Å². The van der Waals surface area contributed by atoms with Crippen LogP contribution in [-0.2, 0) is 13.7 Å². The van der Waals surface area contributed by atoms with Crippen molar-refractivity contribution in [1.29, 1.82) is 0 Å². The summed E-state index contributed by atoms with van der Waals surface area (Å²) in [5.41, 5.74) is 1.69. The Kier molecular flexibility index (Phi) is 2.85. The molecule has 0 radical (unpaired) electrons. The normalized spacial score (nSPS) is 10.4. The van der Waals surface area contributed by atoms with Crippen LogP contribution in [0.3, 0.4) is 0 Å². The molecule has 0 unspecified atom stereocenters. The lowest BCUT2D eigenvalue weighted by atomic mass is 10.3. The Morgan fingerprint density at radius 3 is 2.81 bits per heavy atom. The Hall–Kier alpha value is -1.91. The molecular weight excluding hydrogens is 209 g/mol. The van der Waals surface area contributed by atoms with Gasteiger partial charge in [-0.2, -0.15) is 0 Å². The molecule has 0 amide bonds. The first kappa shape index (κ1) is 10.6. The molecule has 84 valence electrons. The summed E-state index contributed by atoms with van der Waals surface area (Å²) in [5.74, 6) is 0.169. The fourth-order valence-corrected chi connectivity index (χ4v) is 1.29. The lowest BCUT2D eigenvalue weighted by molar-refractivity contribution is 0.289. The van der Waals surface area contributed by atoms with E-state index in [2.05, 4.69) is 10.1 Å². The van der Waals surface area contributed by atoms with Gasteiger partial charge in [0.2, 0.25) is 5.88 Å². The van der Waals surface area contributed by atoms with Crippen LogP contribution in [0.1, 0.15) is 11.3 Å². The predicted octanol–water partition coefficient (Wildman–Crippen LogP) is 1.84. The summed E-state index contributed by atoms with van der Waals surface area (Å²) in [6.45, 7) is 2.20. The van der Waals surface area contributed by atoms with E-state index in [1.165, 1.54) is 6.07 Å². The highest BCUT2D eigenvalue weighted by Gasteiger charge is 2.03. The van der Waals surface area contributed by atoms with Gasteiger partial charge in [0.1, 0.15) is 12.4 Å².